The van der Waals surface area contributed by atoms with E-state index in [1.807, 2.05) is 6.92 Å². The van der Waals surface area contributed by atoms with Crippen LogP contribution in [0.25, 0.3) is 0 Å². The standard InChI is InChI=1S/C8H11ClN2O2/c1-2-12-6(5-3-4-5)7-10-8(9)13-11-7/h5-6H,2-4H2,1H3. The fraction of sp³-hybridized carbons (Fsp3) is 0.750. The highest BCUT2D eigenvalue weighted by Gasteiger charge is 2.35. The Balaban J connectivity index is 2.10. The number of halogens is 1. The molecule has 1 fully saturated rings. The van der Waals surface area contributed by atoms with Crippen molar-refractivity contribution in [1.29, 1.82) is 0 Å². The normalized spacial score (nSPS) is 18.9. The van der Waals surface area contributed by atoms with Crippen LogP contribution in [0.2, 0.25) is 5.35 Å². The smallest absolute Gasteiger partial charge is 0.320 e. The zero-order valence-corrected chi connectivity index (χ0v) is 8.12. The van der Waals surface area contributed by atoms with Crippen LogP contribution in [0.15, 0.2) is 4.52 Å². The second kappa shape index (κ2) is 3.64. The maximum atomic E-state index is 5.53. The average molecular weight is 203 g/mol. The zero-order valence-electron chi connectivity index (χ0n) is 7.36. The molecule has 5 heteroatoms. The average Bonchev–Trinajstić information content (AvgIpc) is 2.85. The first-order valence-electron chi connectivity index (χ1n) is 4.42. The molecular formula is C8H11ClN2O2. The predicted molar refractivity (Wildman–Crippen MR) is 46.4 cm³/mol. The highest BCUT2D eigenvalue weighted by Crippen LogP contribution is 2.42. The van der Waals surface area contributed by atoms with Crippen LogP contribution in [-0.2, 0) is 4.74 Å². The van der Waals surface area contributed by atoms with Crippen molar-refractivity contribution in [2.24, 2.45) is 5.92 Å². The molecule has 0 amide bonds. The van der Waals surface area contributed by atoms with E-state index in [1.165, 1.54) is 12.8 Å². The van der Waals surface area contributed by atoms with Gasteiger partial charge in [0.1, 0.15) is 6.10 Å². The van der Waals surface area contributed by atoms with Crippen molar-refractivity contribution in [3.8, 4) is 0 Å². The molecule has 1 aromatic heterocycles. The number of rotatable bonds is 4. The summed E-state index contributed by atoms with van der Waals surface area (Å²) < 4.78 is 10.2. The number of ether oxygens (including phenoxy) is 1. The summed E-state index contributed by atoms with van der Waals surface area (Å²) in [6.45, 7) is 2.62. The molecule has 1 unspecified atom stereocenters. The van der Waals surface area contributed by atoms with Crippen LogP contribution in [0.1, 0.15) is 31.7 Å². The Kier molecular flexibility index (Phi) is 2.51. The van der Waals surface area contributed by atoms with E-state index in [0.717, 1.165) is 0 Å². The van der Waals surface area contributed by atoms with Crippen molar-refractivity contribution in [1.82, 2.24) is 10.1 Å². The van der Waals surface area contributed by atoms with Gasteiger partial charge in [-0.2, -0.15) is 4.98 Å². The van der Waals surface area contributed by atoms with E-state index in [0.29, 0.717) is 18.3 Å². The summed E-state index contributed by atoms with van der Waals surface area (Å²) in [6.07, 6.45) is 2.33. The van der Waals surface area contributed by atoms with Crippen molar-refractivity contribution in [2.75, 3.05) is 6.61 Å². The molecule has 1 aromatic rings. The third kappa shape index (κ3) is 2.00. The summed E-state index contributed by atoms with van der Waals surface area (Å²) in [5, 5.41) is 3.84. The SMILES string of the molecule is CCOC(c1noc(Cl)n1)C1CC1. The number of hydrogen-bond acceptors (Lipinski definition) is 4. The summed E-state index contributed by atoms with van der Waals surface area (Å²) in [5.74, 6) is 1.13. The van der Waals surface area contributed by atoms with Crippen LogP contribution < -0.4 is 0 Å². The van der Waals surface area contributed by atoms with E-state index in [9.17, 15) is 0 Å². The van der Waals surface area contributed by atoms with Crippen molar-refractivity contribution in [2.45, 2.75) is 25.9 Å². The van der Waals surface area contributed by atoms with E-state index >= 15 is 0 Å². The van der Waals surface area contributed by atoms with Crippen molar-refractivity contribution < 1.29 is 9.26 Å². The molecule has 0 radical (unpaired) electrons. The second-order valence-corrected chi connectivity index (χ2v) is 3.44. The Hall–Kier alpha value is -0.610. The monoisotopic (exact) mass is 202 g/mol. The summed E-state index contributed by atoms with van der Waals surface area (Å²) in [6, 6.07) is 0. The van der Waals surface area contributed by atoms with Gasteiger partial charge in [0, 0.05) is 6.61 Å². The molecular weight excluding hydrogens is 192 g/mol. The minimum Gasteiger partial charge on any atom is -0.370 e. The lowest BCUT2D eigenvalue weighted by Gasteiger charge is -2.10. The maximum Gasteiger partial charge on any atom is 0.320 e. The third-order valence-corrected chi connectivity index (χ3v) is 2.22. The van der Waals surface area contributed by atoms with Gasteiger partial charge in [-0.3, -0.25) is 0 Å². The number of nitrogens with zero attached hydrogens (tertiary/aromatic N) is 2. The molecule has 1 aliphatic carbocycles. The minimum atomic E-state index is -0.0266. The topological polar surface area (TPSA) is 48.2 Å². The quantitative estimate of drug-likeness (QED) is 0.751. The zero-order chi connectivity index (χ0) is 9.26. The summed E-state index contributed by atoms with van der Waals surface area (Å²) in [4.78, 5) is 3.95. The van der Waals surface area contributed by atoms with Crippen LogP contribution in [0.4, 0.5) is 0 Å². The van der Waals surface area contributed by atoms with Gasteiger partial charge in [-0.25, -0.2) is 0 Å². The van der Waals surface area contributed by atoms with E-state index in [2.05, 4.69) is 10.1 Å². The Morgan fingerprint density at radius 3 is 2.92 bits per heavy atom. The van der Waals surface area contributed by atoms with Gasteiger partial charge in [0.2, 0.25) is 5.82 Å². The molecule has 1 aliphatic rings. The second-order valence-electron chi connectivity index (χ2n) is 3.12. The molecule has 0 spiro atoms. The van der Waals surface area contributed by atoms with E-state index in [1.54, 1.807) is 0 Å². The van der Waals surface area contributed by atoms with Crippen molar-refractivity contribution in [3.05, 3.63) is 11.2 Å². The van der Waals surface area contributed by atoms with Gasteiger partial charge in [0.05, 0.1) is 0 Å². The van der Waals surface area contributed by atoms with E-state index in [4.69, 9.17) is 20.9 Å². The molecule has 1 saturated carbocycles. The van der Waals surface area contributed by atoms with Crippen LogP contribution in [0, 0.1) is 5.92 Å². The van der Waals surface area contributed by atoms with E-state index < -0.39 is 0 Å². The first-order chi connectivity index (χ1) is 6.31. The summed E-state index contributed by atoms with van der Waals surface area (Å²) >= 11 is 5.53. The molecule has 4 nitrogen and oxygen atoms in total. The minimum absolute atomic E-state index is 0.0266. The summed E-state index contributed by atoms with van der Waals surface area (Å²) in [5.41, 5.74) is 0. The first-order valence-corrected chi connectivity index (χ1v) is 4.79. The number of hydrogen-bond donors (Lipinski definition) is 0. The molecule has 0 saturated heterocycles. The van der Waals surface area contributed by atoms with E-state index in [-0.39, 0.29) is 11.5 Å². The van der Waals surface area contributed by atoms with Crippen molar-refractivity contribution in [3.63, 3.8) is 0 Å². The highest BCUT2D eigenvalue weighted by molar-refractivity contribution is 6.27. The van der Waals surface area contributed by atoms with Gasteiger partial charge in [-0.15, -0.1) is 0 Å². The third-order valence-electron chi connectivity index (χ3n) is 2.07. The van der Waals surface area contributed by atoms with Crippen LogP contribution in [0.3, 0.4) is 0 Å². The summed E-state index contributed by atoms with van der Waals surface area (Å²) in [7, 11) is 0. The predicted octanol–water partition coefficient (Wildman–Crippen LogP) is 2.21. The van der Waals surface area contributed by atoms with Gasteiger partial charge in [0.25, 0.3) is 0 Å². The molecule has 0 bridgehead atoms. The largest absolute Gasteiger partial charge is 0.370 e. The molecule has 13 heavy (non-hydrogen) atoms. The Morgan fingerprint density at radius 2 is 2.46 bits per heavy atom. The lowest BCUT2D eigenvalue weighted by atomic mass is 10.2. The molecule has 0 aliphatic heterocycles. The Bertz CT molecular complexity index is 285. The Morgan fingerprint density at radius 1 is 1.69 bits per heavy atom. The van der Waals surface area contributed by atoms with Crippen LogP contribution in [0.5, 0.6) is 0 Å². The lowest BCUT2D eigenvalue weighted by Crippen LogP contribution is -2.08. The molecule has 1 heterocycles. The number of aromatic nitrogens is 2. The molecule has 1 atom stereocenters. The maximum absolute atomic E-state index is 5.53. The van der Waals surface area contributed by atoms with Gasteiger partial charge >= 0.3 is 5.35 Å². The highest BCUT2D eigenvalue weighted by atomic mass is 35.5. The van der Waals surface area contributed by atoms with Crippen molar-refractivity contribution >= 4 is 11.6 Å². The Labute approximate surface area is 81.2 Å². The molecule has 0 aromatic carbocycles. The van der Waals surface area contributed by atoms with Gasteiger partial charge < -0.3 is 9.26 Å². The van der Waals surface area contributed by atoms with Crippen LogP contribution in [-0.4, -0.2) is 16.7 Å². The first kappa shape index (κ1) is 8.97. The molecule has 72 valence electrons. The van der Waals surface area contributed by atoms with Gasteiger partial charge in [-0.1, -0.05) is 5.16 Å². The fourth-order valence-corrected chi connectivity index (χ4v) is 1.45. The fourth-order valence-electron chi connectivity index (χ4n) is 1.33. The lowest BCUT2D eigenvalue weighted by molar-refractivity contribution is 0.0385. The van der Waals surface area contributed by atoms with Gasteiger partial charge in [-0.05, 0) is 37.3 Å². The molecule has 2 rings (SSSR count). The molecule has 0 N–H and O–H groups in total. The van der Waals surface area contributed by atoms with Crippen LogP contribution >= 0.6 is 11.6 Å². The van der Waals surface area contributed by atoms with Gasteiger partial charge in [0.15, 0.2) is 0 Å².